The summed E-state index contributed by atoms with van der Waals surface area (Å²) in [5.41, 5.74) is 1.29. The third-order valence-corrected chi connectivity index (χ3v) is 5.39. The number of hydrogen-bond acceptors (Lipinski definition) is 5. The third-order valence-electron chi connectivity index (χ3n) is 5.39. The summed E-state index contributed by atoms with van der Waals surface area (Å²) >= 11 is 0. The highest BCUT2D eigenvalue weighted by molar-refractivity contribution is 5.73. The molecule has 2 aliphatic rings. The van der Waals surface area contributed by atoms with Gasteiger partial charge in [0.05, 0.1) is 6.10 Å². The molecule has 1 aliphatic carbocycles. The van der Waals surface area contributed by atoms with Crippen LogP contribution in [0.5, 0.6) is 0 Å². The topological polar surface area (TPSA) is 73.9 Å². The van der Waals surface area contributed by atoms with Crippen molar-refractivity contribution in [2.24, 2.45) is 5.92 Å². The van der Waals surface area contributed by atoms with E-state index in [-0.39, 0.29) is 23.9 Å². The predicted molar refractivity (Wildman–Crippen MR) is 95.4 cm³/mol. The molecule has 3 rings (SSSR count). The second-order valence-electron chi connectivity index (χ2n) is 7.16. The lowest BCUT2D eigenvalue weighted by molar-refractivity contribution is -0.254. The van der Waals surface area contributed by atoms with Crippen molar-refractivity contribution in [3.05, 3.63) is 35.9 Å². The van der Waals surface area contributed by atoms with E-state index in [0.29, 0.717) is 5.92 Å². The summed E-state index contributed by atoms with van der Waals surface area (Å²) in [6, 6.07) is 9.86. The predicted octanol–water partition coefficient (Wildman–Crippen LogP) is 2.38. The number of amides is 1. The number of benzene rings is 1. The molecule has 6 unspecified atom stereocenters. The lowest BCUT2D eigenvalue weighted by atomic mass is 9.71. The Kier molecular flexibility index (Phi) is 5.94. The SMILES string of the molecule is COC1OC2CCC(c3ccccc3)CC2C(OC(C)=O)C1NC(C)=O. The zero-order valence-electron chi connectivity index (χ0n) is 15.5. The minimum absolute atomic E-state index is 0.0149. The van der Waals surface area contributed by atoms with E-state index in [0.717, 1.165) is 19.3 Å². The summed E-state index contributed by atoms with van der Waals surface area (Å²) in [4.78, 5) is 23.4. The molecular weight excluding hydrogens is 334 g/mol. The Hall–Kier alpha value is -1.92. The fourth-order valence-electron chi connectivity index (χ4n) is 4.34. The van der Waals surface area contributed by atoms with E-state index in [1.54, 1.807) is 7.11 Å². The number of fused-ring (bicyclic) bond motifs is 1. The molecule has 1 heterocycles. The van der Waals surface area contributed by atoms with Gasteiger partial charge >= 0.3 is 5.97 Å². The molecule has 26 heavy (non-hydrogen) atoms. The summed E-state index contributed by atoms with van der Waals surface area (Å²) in [5.74, 6) is -0.161. The molecule has 1 aliphatic heterocycles. The molecule has 0 radical (unpaired) electrons. The Bertz CT molecular complexity index is 634. The van der Waals surface area contributed by atoms with Gasteiger partial charge in [-0.3, -0.25) is 9.59 Å². The minimum Gasteiger partial charge on any atom is -0.460 e. The van der Waals surface area contributed by atoms with Gasteiger partial charge in [-0.05, 0) is 30.7 Å². The van der Waals surface area contributed by atoms with Crippen LogP contribution >= 0.6 is 0 Å². The third kappa shape index (κ3) is 4.07. The van der Waals surface area contributed by atoms with E-state index in [1.807, 2.05) is 18.2 Å². The zero-order valence-corrected chi connectivity index (χ0v) is 15.5. The van der Waals surface area contributed by atoms with Crippen molar-refractivity contribution in [1.29, 1.82) is 0 Å². The number of methoxy groups -OCH3 is 1. The van der Waals surface area contributed by atoms with Crippen LogP contribution in [-0.4, -0.2) is 43.5 Å². The quantitative estimate of drug-likeness (QED) is 0.834. The van der Waals surface area contributed by atoms with Crippen molar-refractivity contribution >= 4 is 11.9 Å². The standard InChI is InChI=1S/C20H27NO5/c1-12(22)21-18-19(25-13(2)23)16-11-15(14-7-5-4-6-8-14)9-10-17(16)26-20(18)24-3/h4-8,15-20H,9-11H2,1-3H3,(H,21,22). The van der Waals surface area contributed by atoms with Gasteiger partial charge in [-0.2, -0.15) is 0 Å². The maximum Gasteiger partial charge on any atom is 0.302 e. The van der Waals surface area contributed by atoms with Crippen LogP contribution in [0, 0.1) is 5.92 Å². The molecule has 1 aromatic rings. The minimum atomic E-state index is -0.627. The van der Waals surface area contributed by atoms with Crippen molar-refractivity contribution in [2.45, 2.75) is 63.6 Å². The van der Waals surface area contributed by atoms with Gasteiger partial charge in [0.25, 0.3) is 0 Å². The second kappa shape index (κ2) is 8.18. The van der Waals surface area contributed by atoms with Gasteiger partial charge in [-0.15, -0.1) is 0 Å². The first-order valence-electron chi connectivity index (χ1n) is 9.17. The molecule has 0 spiro atoms. The van der Waals surface area contributed by atoms with Crippen molar-refractivity contribution < 1.29 is 23.8 Å². The average molecular weight is 361 g/mol. The van der Waals surface area contributed by atoms with Crippen LogP contribution in [0.2, 0.25) is 0 Å². The van der Waals surface area contributed by atoms with Crippen molar-refractivity contribution in [3.63, 3.8) is 0 Å². The molecular formula is C20H27NO5. The van der Waals surface area contributed by atoms with Gasteiger partial charge in [0, 0.05) is 26.9 Å². The summed E-state index contributed by atoms with van der Waals surface area (Å²) in [6.07, 6.45) is 1.59. The molecule has 2 fully saturated rings. The lowest BCUT2D eigenvalue weighted by Crippen LogP contribution is -2.63. The Morgan fingerprint density at radius 3 is 2.50 bits per heavy atom. The van der Waals surface area contributed by atoms with Gasteiger partial charge in [0.15, 0.2) is 6.29 Å². The van der Waals surface area contributed by atoms with Gasteiger partial charge in [0.1, 0.15) is 12.1 Å². The van der Waals surface area contributed by atoms with Crippen LogP contribution in [0.4, 0.5) is 0 Å². The molecule has 6 heteroatoms. The lowest BCUT2D eigenvalue weighted by Gasteiger charge is -2.49. The fourth-order valence-corrected chi connectivity index (χ4v) is 4.34. The second-order valence-corrected chi connectivity index (χ2v) is 7.16. The highest BCUT2D eigenvalue weighted by Crippen LogP contribution is 2.44. The zero-order chi connectivity index (χ0) is 18.7. The van der Waals surface area contributed by atoms with E-state index < -0.39 is 18.4 Å². The van der Waals surface area contributed by atoms with Gasteiger partial charge in [-0.1, -0.05) is 30.3 Å². The first-order chi connectivity index (χ1) is 12.5. The van der Waals surface area contributed by atoms with E-state index in [4.69, 9.17) is 14.2 Å². The Morgan fingerprint density at radius 2 is 1.88 bits per heavy atom. The van der Waals surface area contributed by atoms with E-state index in [2.05, 4.69) is 17.4 Å². The van der Waals surface area contributed by atoms with Crippen LogP contribution < -0.4 is 5.32 Å². The van der Waals surface area contributed by atoms with Gasteiger partial charge in [-0.25, -0.2) is 0 Å². The van der Waals surface area contributed by atoms with Gasteiger partial charge < -0.3 is 19.5 Å². The Morgan fingerprint density at radius 1 is 1.15 bits per heavy atom. The van der Waals surface area contributed by atoms with E-state index in [9.17, 15) is 9.59 Å². The molecule has 1 N–H and O–H groups in total. The summed E-state index contributed by atoms with van der Waals surface area (Å²) < 4.78 is 17.2. The van der Waals surface area contributed by atoms with Gasteiger partial charge in [0.2, 0.25) is 5.91 Å². The number of nitrogens with one attached hydrogen (secondary N) is 1. The smallest absolute Gasteiger partial charge is 0.302 e. The number of esters is 1. The maximum atomic E-state index is 11.7. The van der Waals surface area contributed by atoms with Crippen LogP contribution in [0.3, 0.4) is 0 Å². The Labute approximate surface area is 154 Å². The Balaban J connectivity index is 1.86. The first kappa shape index (κ1) is 18.9. The molecule has 1 saturated heterocycles. The number of hydrogen-bond donors (Lipinski definition) is 1. The highest BCUT2D eigenvalue weighted by Gasteiger charge is 2.50. The number of carbonyl (C=O) groups is 2. The highest BCUT2D eigenvalue weighted by atomic mass is 16.7. The molecule has 1 saturated carbocycles. The fraction of sp³-hybridized carbons (Fsp3) is 0.600. The molecule has 6 atom stereocenters. The normalized spacial score (nSPS) is 33.8. The molecule has 142 valence electrons. The van der Waals surface area contributed by atoms with Crippen LogP contribution in [0.15, 0.2) is 30.3 Å². The number of ether oxygens (including phenoxy) is 3. The number of rotatable bonds is 4. The molecule has 1 aromatic carbocycles. The summed E-state index contributed by atoms with van der Waals surface area (Å²) in [6.45, 7) is 2.84. The van der Waals surface area contributed by atoms with Crippen LogP contribution in [0.1, 0.15) is 44.6 Å². The van der Waals surface area contributed by atoms with E-state index in [1.165, 1.54) is 19.4 Å². The van der Waals surface area contributed by atoms with Crippen molar-refractivity contribution in [2.75, 3.05) is 7.11 Å². The summed E-state index contributed by atoms with van der Waals surface area (Å²) in [5, 5.41) is 2.86. The molecule has 1 amide bonds. The largest absolute Gasteiger partial charge is 0.460 e. The number of carbonyl (C=O) groups excluding carboxylic acids is 2. The van der Waals surface area contributed by atoms with Crippen LogP contribution in [-0.2, 0) is 23.8 Å². The monoisotopic (exact) mass is 361 g/mol. The maximum absolute atomic E-state index is 11.7. The summed E-state index contributed by atoms with van der Waals surface area (Å²) in [7, 11) is 1.54. The molecule has 6 nitrogen and oxygen atoms in total. The first-order valence-corrected chi connectivity index (χ1v) is 9.17. The van der Waals surface area contributed by atoms with Crippen molar-refractivity contribution in [3.8, 4) is 0 Å². The van der Waals surface area contributed by atoms with E-state index >= 15 is 0 Å². The molecule has 0 bridgehead atoms. The molecule has 0 aromatic heterocycles. The van der Waals surface area contributed by atoms with Crippen LogP contribution in [0.25, 0.3) is 0 Å². The van der Waals surface area contributed by atoms with Crippen molar-refractivity contribution in [1.82, 2.24) is 5.32 Å². The average Bonchev–Trinajstić information content (AvgIpc) is 2.63.